The Kier molecular flexibility index (Phi) is 3.74. The highest BCUT2D eigenvalue weighted by atomic mass is 16.5. The van der Waals surface area contributed by atoms with Crippen LogP contribution >= 0.6 is 0 Å². The molecule has 106 valence electrons. The van der Waals surface area contributed by atoms with Crippen molar-refractivity contribution in [2.45, 2.75) is 13.3 Å². The number of rotatable bonds is 3. The zero-order valence-electron chi connectivity index (χ0n) is 11.0. The summed E-state index contributed by atoms with van der Waals surface area (Å²) in [4.78, 5) is 35.4. The summed E-state index contributed by atoms with van der Waals surface area (Å²) < 4.78 is 5.13. The summed E-state index contributed by atoms with van der Waals surface area (Å²) in [7, 11) is 0. The Morgan fingerprint density at radius 1 is 1.35 bits per heavy atom. The molecule has 0 aliphatic carbocycles. The number of carboxylic acid groups (broad SMARTS) is 1. The van der Waals surface area contributed by atoms with Crippen LogP contribution in [0.4, 0.5) is 4.79 Å². The van der Waals surface area contributed by atoms with E-state index in [9.17, 15) is 14.4 Å². The molecular formula is C14H15NO5. The second-order valence-corrected chi connectivity index (χ2v) is 4.99. The summed E-state index contributed by atoms with van der Waals surface area (Å²) in [6, 6.07) is 8.44. The minimum Gasteiger partial charge on any atom is -0.465 e. The van der Waals surface area contributed by atoms with Gasteiger partial charge in [0.1, 0.15) is 6.61 Å². The van der Waals surface area contributed by atoms with Crippen molar-refractivity contribution in [3.8, 4) is 0 Å². The molecule has 1 aliphatic rings. The molecule has 0 aromatic heterocycles. The first kappa shape index (κ1) is 14.0. The van der Waals surface area contributed by atoms with Crippen LogP contribution in [0.2, 0.25) is 0 Å². The average Bonchev–Trinajstić information content (AvgIpc) is 2.74. The minimum absolute atomic E-state index is 0.122. The van der Waals surface area contributed by atoms with Gasteiger partial charge in [-0.2, -0.15) is 0 Å². The van der Waals surface area contributed by atoms with Crippen LogP contribution in [0.25, 0.3) is 0 Å². The predicted octanol–water partition coefficient (Wildman–Crippen LogP) is 1.76. The fourth-order valence-corrected chi connectivity index (χ4v) is 2.09. The molecule has 6 heteroatoms. The number of carbonyl (C=O) groups excluding carboxylic acids is 2. The molecule has 6 nitrogen and oxygen atoms in total. The van der Waals surface area contributed by atoms with Gasteiger partial charge < -0.3 is 9.84 Å². The Morgan fingerprint density at radius 3 is 2.55 bits per heavy atom. The lowest BCUT2D eigenvalue weighted by molar-refractivity contribution is -0.135. The molecule has 1 aliphatic heterocycles. The predicted molar refractivity (Wildman–Crippen MR) is 69.2 cm³/mol. The fraction of sp³-hybridized carbons (Fsp3) is 0.357. The first-order chi connectivity index (χ1) is 9.44. The quantitative estimate of drug-likeness (QED) is 0.851. The standard InChI is InChI=1S/C14H15NO5/c1-14(7-8-15(12(14)17)13(18)19)9-20-11(16)10-5-3-2-4-6-10/h2-6H,7-9H2,1H3,(H,18,19). The van der Waals surface area contributed by atoms with Crippen LogP contribution in [0.3, 0.4) is 0 Å². The molecule has 1 unspecified atom stereocenters. The van der Waals surface area contributed by atoms with Gasteiger partial charge in [-0.25, -0.2) is 14.5 Å². The summed E-state index contributed by atoms with van der Waals surface area (Å²) in [6.45, 7) is 1.62. The Morgan fingerprint density at radius 2 is 2.00 bits per heavy atom. The van der Waals surface area contributed by atoms with Gasteiger partial charge >= 0.3 is 12.1 Å². The summed E-state index contributed by atoms with van der Waals surface area (Å²) >= 11 is 0. The first-order valence-electron chi connectivity index (χ1n) is 6.21. The monoisotopic (exact) mass is 277 g/mol. The van der Waals surface area contributed by atoms with E-state index in [1.165, 1.54) is 0 Å². The molecule has 1 saturated heterocycles. The second-order valence-electron chi connectivity index (χ2n) is 4.99. The number of esters is 1. The van der Waals surface area contributed by atoms with Crippen LogP contribution in [-0.4, -0.2) is 41.1 Å². The van der Waals surface area contributed by atoms with Gasteiger partial charge in [-0.1, -0.05) is 18.2 Å². The summed E-state index contributed by atoms with van der Waals surface area (Å²) in [5, 5.41) is 8.87. The Balaban J connectivity index is 1.99. The van der Waals surface area contributed by atoms with Crippen molar-refractivity contribution in [1.82, 2.24) is 4.90 Å². The minimum atomic E-state index is -1.27. The number of ether oxygens (including phenoxy) is 1. The molecule has 0 radical (unpaired) electrons. The van der Waals surface area contributed by atoms with Crippen molar-refractivity contribution < 1.29 is 24.2 Å². The number of hydrogen-bond acceptors (Lipinski definition) is 4. The van der Waals surface area contributed by atoms with Gasteiger partial charge in [-0.15, -0.1) is 0 Å². The summed E-state index contributed by atoms with van der Waals surface area (Å²) in [5.41, 5.74) is -0.570. The number of imide groups is 1. The van der Waals surface area contributed by atoms with Crippen molar-refractivity contribution in [3.05, 3.63) is 35.9 Å². The van der Waals surface area contributed by atoms with E-state index in [1.807, 2.05) is 0 Å². The van der Waals surface area contributed by atoms with Gasteiger partial charge in [0.2, 0.25) is 5.91 Å². The number of likely N-dealkylation sites (tertiary alicyclic amines) is 1. The van der Waals surface area contributed by atoms with Crippen molar-refractivity contribution in [2.75, 3.05) is 13.2 Å². The van der Waals surface area contributed by atoms with Crippen molar-refractivity contribution in [3.63, 3.8) is 0 Å². The zero-order chi connectivity index (χ0) is 14.8. The van der Waals surface area contributed by atoms with Crippen molar-refractivity contribution >= 4 is 18.0 Å². The van der Waals surface area contributed by atoms with Crippen LogP contribution in [0.15, 0.2) is 30.3 Å². The Bertz CT molecular complexity index is 542. The van der Waals surface area contributed by atoms with E-state index in [0.29, 0.717) is 12.0 Å². The van der Waals surface area contributed by atoms with Gasteiger partial charge in [0.25, 0.3) is 0 Å². The highest BCUT2D eigenvalue weighted by Gasteiger charge is 2.46. The normalized spacial score (nSPS) is 21.9. The highest BCUT2D eigenvalue weighted by molar-refractivity contribution is 5.96. The van der Waals surface area contributed by atoms with E-state index in [-0.39, 0.29) is 13.2 Å². The van der Waals surface area contributed by atoms with Crippen molar-refractivity contribution in [2.24, 2.45) is 5.41 Å². The van der Waals surface area contributed by atoms with E-state index >= 15 is 0 Å². The lowest BCUT2D eigenvalue weighted by atomic mass is 9.90. The maximum Gasteiger partial charge on any atom is 0.414 e. The third-order valence-electron chi connectivity index (χ3n) is 3.41. The molecule has 20 heavy (non-hydrogen) atoms. The van der Waals surface area contributed by atoms with Gasteiger partial charge in [-0.05, 0) is 25.5 Å². The van der Waals surface area contributed by atoms with Gasteiger partial charge in [-0.3, -0.25) is 4.79 Å². The molecule has 2 rings (SSSR count). The van der Waals surface area contributed by atoms with Crippen LogP contribution in [0, 0.1) is 5.41 Å². The lowest BCUT2D eigenvalue weighted by Crippen LogP contribution is -2.38. The third kappa shape index (κ3) is 2.64. The number of amides is 2. The number of carbonyl (C=O) groups is 3. The first-order valence-corrected chi connectivity index (χ1v) is 6.21. The van der Waals surface area contributed by atoms with Gasteiger partial charge in [0.05, 0.1) is 11.0 Å². The number of benzene rings is 1. The van der Waals surface area contributed by atoms with Crippen molar-refractivity contribution in [1.29, 1.82) is 0 Å². The summed E-state index contributed by atoms with van der Waals surface area (Å²) in [6.07, 6.45) is -0.923. The molecule has 0 bridgehead atoms. The van der Waals surface area contributed by atoms with Crippen LogP contribution < -0.4 is 0 Å². The molecule has 2 amide bonds. The summed E-state index contributed by atoms with van der Waals surface area (Å²) in [5.74, 6) is -1.04. The van der Waals surface area contributed by atoms with E-state index in [0.717, 1.165) is 4.90 Å². The third-order valence-corrected chi connectivity index (χ3v) is 3.41. The maximum atomic E-state index is 12.0. The topological polar surface area (TPSA) is 83.9 Å². The largest absolute Gasteiger partial charge is 0.465 e. The second kappa shape index (κ2) is 5.32. The highest BCUT2D eigenvalue weighted by Crippen LogP contribution is 2.32. The van der Waals surface area contributed by atoms with E-state index < -0.39 is 23.4 Å². The zero-order valence-corrected chi connectivity index (χ0v) is 11.0. The van der Waals surface area contributed by atoms with Crippen LogP contribution in [-0.2, 0) is 9.53 Å². The maximum absolute atomic E-state index is 12.0. The molecule has 1 fully saturated rings. The van der Waals surface area contributed by atoms with Gasteiger partial charge in [0.15, 0.2) is 0 Å². The van der Waals surface area contributed by atoms with E-state index in [2.05, 4.69) is 0 Å². The SMILES string of the molecule is CC1(COC(=O)c2ccccc2)CCN(C(=O)O)C1=O. The van der Waals surface area contributed by atoms with Crippen LogP contribution in [0.5, 0.6) is 0 Å². The molecular weight excluding hydrogens is 262 g/mol. The molecule has 1 N–H and O–H groups in total. The number of hydrogen-bond donors (Lipinski definition) is 1. The molecule has 1 aromatic carbocycles. The number of nitrogens with zero attached hydrogens (tertiary/aromatic N) is 1. The molecule has 1 heterocycles. The molecule has 0 spiro atoms. The Labute approximate surface area is 115 Å². The van der Waals surface area contributed by atoms with Gasteiger partial charge in [0, 0.05) is 6.54 Å². The lowest BCUT2D eigenvalue weighted by Gasteiger charge is -2.21. The van der Waals surface area contributed by atoms with E-state index in [1.54, 1.807) is 37.3 Å². The molecule has 0 saturated carbocycles. The smallest absolute Gasteiger partial charge is 0.414 e. The Hall–Kier alpha value is -2.37. The average molecular weight is 277 g/mol. The molecule has 1 aromatic rings. The van der Waals surface area contributed by atoms with E-state index in [4.69, 9.17) is 9.84 Å². The molecule has 1 atom stereocenters. The fourth-order valence-electron chi connectivity index (χ4n) is 2.09. The van der Waals surface area contributed by atoms with Crippen LogP contribution in [0.1, 0.15) is 23.7 Å².